The van der Waals surface area contributed by atoms with E-state index in [1.165, 1.54) is 18.6 Å². The molecule has 2 aliphatic rings. The van der Waals surface area contributed by atoms with Crippen LogP contribution in [0.4, 0.5) is 0 Å². The van der Waals surface area contributed by atoms with Crippen LogP contribution in [0, 0.1) is 0 Å². The molecule has 4 rings (SSSR count). The predicted molar refractivity (Wildman–Crippen MR) is 140 cm³/mol. The highest BCUT2D eigenvalue weighted by molar-refractivity contribution is 7.90. The number of carbonyl (C=O) groups excluding carboxylic acids is 3. The van der Waals surface area contributed by atoms with Crippen molar-refractivity contribution in [3.8, 4) is 0 Å². The van der Waals surface area contributed by atoms with Crippen LogP contribution in [-0.4, -0.2) is 60.5 Å². The summed E-state index contributed by atoms with van der Waals surface area (Å²) in [5.74, 6) is -1.14. The monoisotopic (exact) mass is 525 g/mol. The lowest BCUT2D eigenvalue weighted by atomic mass is 9.95. The minimum Gasteiger partial charge on any atom is -0.352 e. The lowest BCUT2D eigenvalue weighted by Gasteiger charge is -2.33. The molecule has 1 aliphatic heterocycles. The number of sulfonamides is 1. The summed E-state index contributed by atoms with van der Waals surface area (Å²) in [6.45, 7) is 1.93. The molecule has 1 heterocycles. The average Bonchev–Trinajstić information content (AvgIpc) is 3.10. The van der Waals surface area contributed by atoms with Gasteiger partial charge in [0.25, 0.3) is 15.9 Å². The minimum absolute atomic E-state index is 0.0355. The van der Waals surface area contributed by atoms with Crippen LogP contribution in [0.3, 0.4) is 0 Å². The topological polar surface area (TPSA) is 104 Å². The Kier molecular flexibility index (Phi) is 8.63. The van der Waals surface area contributed by atoms with E-state index in [2.05, 4.69) is 5.32 Å². The van der Waals surface area contributed by atoms with Crippen molar-refractivity contribution in [1.29, 1.82) is 0 Å². The highest BCUT2D eigenvalue weighted by atomic mass is 32.2. The van der Waals surface area contributed by atoms with Gasteiger partial charge < -0.3 is 10.2 Å². The molecule has 9 heteroatoms. The first kappa shape index (κ1) is 26.9. The molecule has 0 unspecified atom stereocenters. The first-order valence-electron chi connectivity index (χ1n) is 13.1. The summed E-state index contributed by atoms with van der Waals surface area (Å²) in [6.07, 6.45) is 6.02. The number of benzene rings is 2. The summed E-state index contributed by atoms with van der Waals surface area (Å²) in [6, 6.07) is 15.2. The van der Waals surface area contributed by atoms with Crippen LogP contribution in [0.25, 0.3) is 0 Å². The first-order chi connectivity index (χ1) is 17.8. The van der Waals surface area contributed by atoms with Crippen LogP contribution in [0.5, 0.6) is 0 Å². The molecule has 0 aromatic heterocycles. The molecule has 0 radical (unpaired) electrons. The third kappa shape index (κ3) is 6.04. The molecule has 1 fully saturated rings. The lowest BCUT2D eigenvalue weighted by molar-refractivity contribution is -0.141. The van der Waals surface area contributed by atoms with Crippen LogP contribution >= 0.6 is 0 Å². The zero-order valence-electron chi connectivity index (χ0n) is 21.3. The van der Waals surface area contributed by atoms with E-state index < -0.39 is 22.0 Å². The molecular formula is C28H35N3O5S. The van der Waals surface area contributed by atoms with Gasteiger partial charge in [0.1, 0.15) is 10.9 Å². The Hall–Kier alpha value is -3.20. The summed E-state index contributed by atoms with van der Waals surface area (Å²) in [5, 5.41) is 3.14. The number of fused-ring (bicyclic) bond motifs is 1. The molecule has 1 N–H and O–H groups in total. The number of rotatable bonds is 10. The Morgan fingerprint density at radius 3 is 2.38 bits per heavy atom. The maximum atomic E-state index is 13.5. The molecule has 2 aromatic rings. The molecule has 37 heavy (non-hydrogen) atoms. The second-order valence-electron chi connectivity index (χ2n) is 9.72. The number of nitrogens with zero attached hydrogens (tertiary/aromatic N) is 2. The van der Waals surface area contributed by atoms with Gasteiger partial charge in [-0.1, -0.05) is 68.7 Å². The Bertz CT molecular complexity index is 1230. The van der Waals surface area contributed by atoms with E-state index in [-0.39, 0.29) is 41.3 Å². The van der Waals surface area contributed by atoms with E-state index in [0.717, 1.165) is 35.6 Å². The first-order valence-corrected chi connectivity index (χ1v) is 14.6. The number of carbonyl (C=O) groups is 3. The molecule has 0 spiro atoms. The van der Waals surface area contributed by atoms with Crippen LogP contribution in [0.1, 0.15) is 67.8 Å². The number of amides is 3. The van der Waals surface area contributed by atoms with E-state index in [4.69, 9.17) is 0 Å². The third-order valence-electron chi connectivity index (χ3n) is 7.26. The van der Waals surface area contributed by atoms with E-state index in [1.54, 1.807) is 17.0 Å². The molecule has 1 atom stereocenters. The van der Waals surface area contributed by atoms with Gasteiger partial charge >= 0.3 is 0 Å². The largest absolute Gasteiger partial charge is 0.352 e. The fourth-order valence-corrected chi connectivity index (χ4v) is 6.80. The molecule has 1 aliphatic carbocycles. The Balaban J connectivity index is 1.49. The molecule has 0 saturated heterocycles. The van der Waals surface area contributed by atoms with Gasteiger partial charge in [-0.3, -0.25) is 14.4 Å². The molecule has 198 valence electrons. The van der Waals surface area contributed by atoms with Gasteiger partial charge in [-0.15, -0.1) is 0 Å². The van der Waals surface area contributed by atoms with Gasteiger partial charge in [0.05, 0.1) is 5.56 Å². The predicted octanol–water partition coefficient (Wildman–Crippen LogP) is 3.52. The Labute approximate surface area is 219 Å². The van der Waals surface area contributed by atoms with Crippen molar-refractivity contribution in [2.75, 3.05) is 13.1 Å². The van der Waals surface area contributed by atoms with Gasteiger partial charge in [-0.05, 0) is 43.4 Å². The summed E-state index contributed by atoms with van der Waals surface area (Å²) in [5.41, 5.74) is 1.16. The quantitative estimate of drug-likeness (QED) is 0.511. The van der Waals surface area contributed by atoms with Crippen molar-refractivity contribution in [3.63, 3.8) is 0 Å². The molecule has 1 saturated carbocycles. The zero-order valence-corrected chi connectivity index (χ0v) is 22.1. The Morgan fingerprint density at radius 2 is 1.70 bits per heavy atom. The Morgan fingerprint density at radius 1 is 1.03 bits per heavy atom. The SMILES string of the molecule is CC[C@H](C(=O)NC1CCCCC1)N(CCc1ccccc1)C(=O)CCN1C(=O)c2ccccc2S1(=O)=O. The molecule has 8 nitrogen and oxygen atoms in total. The van der Waals surface area contributed by atoms with Crippen LogP contribution in [0.2, 0.25) is 0 Å². The van der Waals surface area contributed by atoms with Gasteiger partial charge in [0.2, 0.25) is 11.8 Å². The number of hydrogen-bond donors (Lipinski definition) is 1. The van der Waals surface area contributed by atoms with E-state index in [9.17, 15) is 22.8 Å². The fraction of sp³-hybridized carbons (Fsp3) is 0.464. The average molecular weight is 526 g/mol. The summed E-state index contributed by atoms with van der Waals surface area (Å²) >= 11 is 0. The van der Waals surface area contributed by atoms with E-state index in [1.807, 2.05) is 37.3 Å². The normalized spacial score (nSPS) is 17.8. The van der Waals surface area contributed by atoms with Crippen molar-refractivity contribution in [2.45, 2.75) is 75.3 Å². The second kappa shape index (κ2) is 11.9. The highest BCUT2D eigenvalue weighted by Gasteiger charge is 2.41. The summed E-state index contributed by atoms with van der Waals surface area (Å²) in [7, 11) is -4.00. The molecule has 3 amide bonds. The molecule has 2 aromatic carbocycles. The second-order valence-corrected chi connectivity index (χ2v) is 11.5. The zero-order chi connectivity index (χ0) is 26.4. The van der Waals surface area contributed by atoms with E-state index >= 15 is 0 Å². The van der Waals surface area contributed by atoms with Gasteiger partial charge in [0.15, 0.2) is 0 Å². The lowest BCUT2D eigenvalue weighted by Crippen LogP contribution is -2.52. The van der Waals surface area contributed by atoms with Crippen LogP contribution in [0.15, 0.2) is 59.5 Å². The van der Waals surface area contributed by atoms with Gasteiger partial charge in [-0.2, -0.15) is 0 Å². The standard InChI is InChI=1S/C28H35N3O5S/c1-2-24(27(33)29-22-13-7-4-8-14-22)30(19-17-21-11-5-3-6-12-21)26(32)18-20-31-28(34)23-15-9-10-16-25(23)37(31,35)36/h3,5-6,9-12,15-16,22,24H,2,4,7-8,13-14,17-20H2,1H3,(H,29,33)/t24-/m1/s1. The number of hydrogen-bond acceptors (Lipinski definition) is 5. The maximum absolute atomic E-state index is 13.5. The summed E-state index contributed by atoms with van der Waals surface area (Å²) < 4.78 is 26.6. The summed E-state index contributed by atoms with van der Waals surface area (Å²) in [4.78, 5) is 41.1. The van der Waals surface area contributed by atoms with Crippen LogP contribution < -0.4 is 5.32 Å². The maximum Gasteiger partial charge on any atom is 0.269 e. The van der Waals surface area contributed by atoms with E-state index in [0.29, 0.717) is 19.4 Å². The highest BCUT2D eigenvalue weighted by Crippen LogP contribution is 2.30. The third-order valence-corrected chi connectivity index (χ3v) is 9.10. The van der Waals surface area contributed by atoms with Crippen molar-refractivity contribution in [3.05, 3.63) is 65.7 Å². The van der Waals surface area contributed by atoms with Crippen molar-refractivity contribution >= 4 is 27.7 Å². The van der Waals surface area contributed by atoms with Crippen LogP contribution in [-0.2, 0) is 26.0 Å². The van der Waals surface area contributed by atoms with Crippen molar-refractivity contribution in [2.24, 2.45) is 0 Å². The van der Waals surface area contributed by atoms with Gasteiger partial charge in [-0.25, -0.2) is 12.7 Å². The molecular weight excluding hydrogens is 490 g/mol. The smallest absolute Gasteiger partial charge is 0.269 e. The number of nitrogens with one attached hydrogen (secondary N) is 1. The van der Waals surface area contributed by atoms with Crippen molar-refractivity contribution in [1.82, 2.24) is 14.5 Å². The van der Waals surface area contributed by atoms with Crippen molar-refractivity contribution < 1.29 is 22.8 Å². The molecule has 0 bridgehead atoms. The van der Waals surface area contributed by atoms with Gasteiger partial charge in [0, 0.05) is 25.6 Å². The fourth-order valence-electron chi connectivity index (χ4n) is 5.23. The minimum atomic E-state index is -4.00.